The van der Waals surface area contributed by atoms with E-state index in [0.717, 1.165) is 15.6 Å². The number of pyridine rings is 1. The van der Waals surface area contributed by atoms with E-state index in [1.807, 2.05) is 18.3 Å². The fourth-order valence-corrected chi connectivity index (χ4v) is 2.31. The molecule has 0 radical (unpaired) electrons. The Hall–Kier alpha value is -1.79. The smallest absolute Gasteiger partial charge is 0.270 e. The summed E-state index contributed by atoms with van der Waals surface area (Å²) in [5.74, 6) is 0. The Morgan fingerprint density at radius 3 is 2.85 bits per heavy atom. The fourth-order valence-electron chi connectivity index (χ4n) is 1.81. The Bertz CT molecular complexity index is 605. The zero-order valence-electron chi connectivity index (χ0n) is 10.9. The van der Waals surface area contributed by atoms with Crippen LogP contribution in [0.15, 0.2) is 47.2 Å². The number of non-ortho nitro benzene ring substituents is 1. The number of hydrogen-bond acceptors (Lipinski definition) is 4. The highest BCUT2D eigenvalue weighted by atomic mass is 79.9. The average molecular weight is 336 g/mol. The molecule has 1 heterocycles. The van der Waals surface area contributed by atoms with Crippen molar-refractivity contribution in [3.8, 4) is 0 Å². The summed E-state index contributed by atoms with van der Waals surface area (Å²) in [4.78, 5) is 14.4. The van der Waals surface area contributed by atoms with E-state index >= 15 is 0 Å². The minimum atomic E-state index is -0.403. The molecule has 1 aromatic carbocycles. The first-order chi connectivity index (χ1) is 9.58. The van der Waals surface area contributed by atoms with E-state index in [2.05, 4.69) is 33.2 Å². The van der Waals surface area contributed by atoms with Gasteiger partial charge in [0.15, 0.2) is 0 Å². The van der Waals surface area contributed by atoms with Gasteiger partial charge in [0.1, 0.15) is 0 Å². The van der Waals surface area contributed by atoms with Crippen molar-refractivity contribution in [2.75, 3.05) is 0 Å². The van der Waals surface area contributed by atoms with Crippen LogP contribution in [-0.2, 0) is 6.54 Å². The molecule has 6 heteroatoms. The molecule has 1 aromatic heterocycles. The third kappa shape index (κ3) is 3.61. The van der Waals surface area contributed by atoms with E-state index in [1.54, 1.807) is 12.3 Å². The standard InChI is InChI=1S/C14H14BrN3O2/c1-10(11-3-2-6-16-8-11)17-9-12-4-5-13(18(19)20)7-14(12)15/h2-8,10,17H,9H2,1H3. The van der Waals surface area contributed by atoms with Crippen LogP contribution in [0.5, 0.6) is 0 Å². The first-order valence-corrected chi connectivity index (χ1v) is 6.93. The lowest BCUT2D eigenvalue weighted by Gasteiger charge is -2.14. The Labute approximate surface area is 125 Å². The molecule has 0 aliphatic heterocycles. The molecule has 5 nitrogen and oxygen atoms in total. The fraction of sp³-hybridized carbons (Fsp3) is 0.214. The average Bonchev–Trinajstić information content (AvgIpc) is 2.46. The van der Waals surface area contributed by atoms with Crippen molar-refractivity contribution in [3.05, 3.63) is 68.4 Å². The summed E-state index contributed by atoms with van der Waals surface area (Å²) in [6.45, 7) is 2.67. The highest BCUT2D eigenvalue weighted by Crippen LogP contribution is 2.23. The van der Waals surface area contributed by atoms with Gasteiger partial charge in [0.05, 0.1) is 4.92 Å². The first kappa shape index (κ1) is 14.6. The van der Waals surface area contributed by atoms with Crippen LogP contribution in [0, 0.1) is 10.1 Å². The van der Waals surface area contributed by atoms with E-state index in [4.69, 9.17) is 0 Å². The molecule has 0 amide bonds. The van der Waals surface area contributed by atoms with Crippen LogP contribution in [-0.4, -0.2) is 9.91 Å². The molecule has 104 valence electrons. The number of nitro groups is 1. The van der Waals surface area contributed by atoms with Crippen molar-refractivity contribution in [3.63, 3.8) is 0 Å². The molecule has 0 aliphatic rings. The SMILES string of the molecule is CC(NCc1ccc([N+](=O)[O-])cc1Br)c1cccnc1. The van der Waals surface area contributed by atoms with Gasteiger partial charge in [0.25, 0.3) is 5.69 Å². The normalized spacial score (nSPS) is 12.1. The summed E-state index contributed by atoms with van der Waals surface area (Å²) in [5.41, 5.74) is 2.16. The largest absolute Gasteiger partial charge is 0.306 e. The van der Waals surface area contributed by atoms with Crippen LogP contribution >= 0.6 is 15.9 Å². The molecule has 0 fully saturated rings. The lowest BCUT2D eigenvalue weighted by Crippen LogP contribution is -2.18. The van der Waals surface area contributed by atoms with Gasteiger partial charge in [-0.25, -0.2) is 0 Å². The molecule has 0 aliphatic carbocycles. The molecule has 1 N–H and O–H groups in total. The van der Waals surface area contributed by atoms with E-state index in [1.165, 1.54) is 12.1 Å². The number of halogens is 1. The number of hydrogen-bond donors (Lipinski definition) is 1. The Morgan fingerprint density at radius 1 is 1.45 bits per heavy atom. The lowest BCUT2D eigenvalue weighted by molar-refractivity contribution is -0.384. The minimum Gasteiger partial charge on any atom is -0.306 e. The van der Waals surface area contributed by atoms with Gasteiger partial charge in [0.2, 0.25) is 0 Å². The predicted molar refractivity (Wildman–Crippen MR) is 80.3 cm³/mol. The third-order valence-corrected chi connectivity index (χ3v) is 3.77. The number of nitro benzene ring substituents is 1. The van der Waals surface area contributed by atoms with Crippen molar-refractivity contribution >= 4 is 21.6 Å². The number of nitrogens with zero attached hydrogens (tertiary/aromatic N) is 2. The van der Waals surface area contributed by atoms with Gasteiger partial charge in [-0.05, 0) is 30.2 Å². The highest BCUT2D eigenvalue weighted by molar-refractivity contribution is 9.10. The highest BCUT2D eigenvalue weighted by Gasteiger charge is 2.10. The Balaban J connectivity index is 2.02. The molecular formula is C14H14BrN3O2. The summed E-state index contributed by atoms with van der Waals surface area (Å²) < 4.78 is 0.734. The second-order valence-corrected chi connectivity index (χ2v) is 5.28. The minimum absolute atomic E-state index is 0.0842. The number of rotatable bonds is 5. The van der Waals surface area contributed by atoms with Crippen molar-refractivity contribution < 1.29 is 4.92 Å². The van der Waals surface area contributed by atoms with Crippen molar-refractivity contribution in [2.24, 2.45) is 0 Å². The quantitative estimate of drug-likeness (QED) is 0.669. The van der Waals surface area contributed by atoms with Crippen LogP contribution in [0.1, 0.15) is 24.1 Å². The Morgan fingerprint density at radius 2 is 2.25 bits per heavy atom. The number of benzene rings is 1. The van der Waals surface area contributed by atoms with Crippen molar-refractivity contribution in [2.45, 2.75) is 19.5 Å². The summed E-state index contributed by atoms with van der Waals surface area (Å²) >= 11 is 3.37. The predicted octanol–water partition coefficient (Wildman–Crippen LogP) is 3.60. The second kappa shape index (κ2) is 6.58. The van der Waals surface area contributed by atoms with E-state index in [0.29, 0.717) is 6.54 Å². The molecule has 0 saturated carbocycles. The molecule has 0 bridgehead atoms. The van der Waals surface area contributed by atoms with Gasteiger partial charge in [-0.15, -0.1) is 0 Å². The summed E-state index contributed by atoms with van der Waals surface area (Å²) in [6.07, 6.45) is 3.56. The molecular weight excluding hydrogens is 322 g/mol. The summed E-state index contributed by atoms with van der Waals surface area (Å²) in [6, 6.07) is 8.85. The van der Waals surface area contributed by atoms with Gasteiger partial charge in [-0.2, -0.15) is 0 Å². The topological polar surface area (TPSA) is 68.1 Å². The third-order valence-electron chi connectivity index (χ3n) is 3.03. The van der Waals surface area contributed by atoms with Gasteiger partial charge in [0, 0.05) is 41.6 Å². The van der Waals surface area contributed by atoms with Crippen LogP contribution < -0.4 is 5.32 Å². The van der Waals surface area contributed by atoms with Crippen molar-refractivity contribution in [1.29, 1.82) is 0 Å². The number of aromatic nitrogens is 1. The van der Waals surface area contributed by atoms with Crippen molar-refractivity contribution in [1.82, 2.24) is 10.3 Å². The molecule has 2 aromatic rings. The first-order valence-electron chi connectivity index (χ1n) is 6.14. The van der Waals surface area contributed by atoms with Crippen LogP contribution in [0.2, 0.25) is 0 Å². The van der Waals surface area contributed by atoms with E-state index in [9.17, 15) is 10.1 Å². The van der Waals surface area contributed by atoms with E-state index < -0.39 is 4.92 Å². The zero-order valence-corrected chi connectivity index (χ0v) is 12.5. The van der Waals surface area contributed by atoms with Gasteiger partial charge < -0.3 is 5.32 Å². The monoisotopic (exact) mass is 335 g/mol. The number of nitrogens with one attached hydrogen (secondary N) is 1. The molecule has 0 spiro atoms. The Kier molecular flexibility index (Phi) is 4.81. The molecule has 1 unspecified atom stereocenters. The van der Waals surface area contributed by atoms with Gasteiger partial charge in [-0.1, -0.05) is 22.0 Å². The maximum Gasteiger partial charge on any atom is 0.270 e. The van der Waals surface area contributed by atoms with E-state index in [-0.39, 0.29) is 11.7 Å². The van der Waals surface area contributed by atoms with Crippen LogP contribution in [0.4, 0.5) is 5.69 Å². The van der Waals surface area contributed by atoms with Gasteiger partial charge >= 0.3 is 0 Å². The zero-order chi connectivity index (χ0) is 14.5. The summed E-state index contributed by atoms with van der Waals surface area (Å²) in [5, 5.41) is 14.0. The molecule has 0 saturated heterocycles. The lowest BCUT2D eigenvalue weighted by atomic mass is 10.1. The van der Waals surface area contributed by atoms with Crippen LogP contribution in [0.25, 0.3) is 0 Å². The van der Waals surface area contributed by atoms with Crippen LogP contribution in [0.3, 0.4) is 0 Å². The maximum atomic E-state index is 10.7. The molecule has 1 atom stereocenters. The molecule has 20 heavy (non-hydrogen) atoms. The summed E-state index contributed by atoms with van der Waals surface area (Å²) in [7, 11) is 0. The second-order valence-electron chi connectivity index (χ2n) is 4.42. The maximum absolute atomic E-state index is 10.7. The van der Waals surface area contributed by atoms with Gasteiger partial charge in [-0.3, -0.25) is 15.1 Å². The molecule has 2 rings (SSSR count).